The van der Waals surface area contributed by atoms with Crippen molar-refractivity contribution in [1.29, 1.82) is 0 Å². The summed E-state index contributed by atoms with van der Waals surface area (Å²) in [6.45, 7) is 1.36. The Labute approximate surface area is 158 Å². The molecule has 0 atom stereocenters. The van der Waals surface area contributed by atoms with Gasteiger partial charge in [-0.05, 0) is 35.4 Å². The van der Waals surface area contributed by atoms with Crippen LogP contribution in [0.4, 0.5) is 0 Å². The molecule has 144 valence electrons. The summed E-state index contributed by atoms with van der Waals surface area (Å²) in [7, 11) is -0.474. The topological polar surface area (TPSA) is 84.9 Å². The van der Waals surface area contributed by atoms with E-state index in [1.807, 2.05) is 12.1 Å². The number of carbonyl (C=O) groups excluding carboxylic acids is 1. The molecule has 0 aliphatic carbocycles. The summed E-state index contributed by atoms with van der Waals surface area (Å²) in [5, 5.41) is 2.84. The van der Waals surface area contributed by atoms with E-state index in [4.69, 9.17) is 9.47 Å². The highest BCUT2D eigenvalue weighted by atomic mass is 32.2. The second-order valence-electron chi connectivity index (χ2n) is 6.36. The van der Waals surface area contributed by atoms with Gasteiger partial charge in [0.1, 0.15) is 13.2 Å². The van der Waals surface area contributed by atoms with Crippen LogP contribution in [0.1, 0.15) is 11.1 Å². The molecule has 0 saturated heterocycles. The largest absolute Gasteiger partial charge is 0.486 e. The number of sulfonamides is 1. The molecule has 1 N–H and O–H groups in total. The molecular weight excluding hydrogens is 368 g/mol. The summed E-state index contributed by atoms with van der Waals surface area (Å²) in [5.74, 6) is 1.22. The van der Waals surface area contributed by atoms with Crippen molar-refractivity contribution in [2.45, 2.75) is 17.9 Å². The lowest BCUT2D eigenvalue weighted by Gasteiger charge is -2.18. The van der Waals surface area contributed by atoms with E-state index >= 15 is 0 Å². The van der Waals surface area contributed by atoms with E-state index in [0.717, 1.165) is 15.4 Å². The van der Waals surface area contributed by atoms with Gasteiger partial charge >= 0.3 is 0 Å². The fourth-order valence-electron chi connectivity index (χ4n) is 2.64. The zero-order valence-electron chi connectivity index (χ0n) is 15.3. The zero-order chi connectivity index (χ0) is 19.4. The molecule has 1 aliphatic heterocycles. The number of hydrogen-bond donors (Lipinski definition) is 1. The van der Waals surface area contributed by atoms with Crippen molar-refractivity contribution in [2.75, 3.05) is 27.3 Å². The summed E-state index contributed by atoms with van der Waals surface area (Å²) < 4.78 is 36.3. The summed E-state index contributed by atoms with van der Waals surface area (Å²) >= 11 is 0. The molecule has 27 heavy (non-hydrogen) atoms. The maximum atomic E-state index is 12.2. The third kappa shape index (κ3) is 4.58. The van der Waals surface area contributed by atoms with Gasteiger partial charge in [0.15, 0.2) is 11.5 Å². The first-order valence-electron chi connectivity index (χ1n) is 8.53. The average molecular weight is 390 g/mol. The lowest BCUT2D eigenvalue weighted by Crippen LogP contribution is -2.25. The summed E-state index contributed by atoms with van der Waals surface area (Å²) in [6.07, 6.45) is 0.226. The Bertz CT molecular complexity index is 924. The number of carbonyl (C=O) groups is 1. The molecule has 0 saturated carbocycles. The van der Waals surface area contributed by atoms with Crippen LogP contribution < -0.4 is 14.8 Å². The standard InChI is InChI=1S/C19H22N2O5S/c1-21(2)27(23,24)16-6-3-14(4-7-16)13-20-19(22)12-15-5-8-17-18(11-15)26-10-9-25-17/h3-8,11H,9-10,12-13H2,1-2H3,(H,20,22). The molecule has 0 spiro atoms. The van der Waals surface area contributed by atoms with Gasteiger partial charge in [0.05, 0.1) is 11.3 Å². The van der Waals surface area contributed by atoms with Gasteiger partial charge in [0.25, 0.3) is 0 Å². The number of ether oxygens (including phenoxy) is 2. The molecule has 1 aliphatic rings. The van der Waals surface area contributed by atoms with E-state index in [1.165, 1.54) is 26.2 Å². The Morgan fingerprint density at radius 2 is 1.63 bits per heavy atom. The number of hydrogen-bond acceptors (Lipinski definition) is 5. The third-order valence-electron chi connectivity index (χ3n) is 4.16. The summed E-state index contributed by atoms with van der Waals surface area (Å²) in [5.41, 5.74) is 1.66. The smallest absolute Gasteiger partial charge is 0.242 e. The highest BCUT2D eigenvalue weighted by Crippen LogP contribution is 2.30. The van der Waals surface area contributed by atoms with Crippen molar-refractivity contribution in [2.24, 2.45) is 0 Å². The number of benzene rings is 2. The maximum absolute atomic E-state index is 12.2. The molecule has 0 fully saturated rings. The minimum absolute atomic E-state index is 0.128. The maximum Gasteiger partial charge on any atom is 0.242 e. The van der Waals surface area contributed by atoms with Gasteiger partial charge in [-0.15, -0.1) is 0 Å². The Morgan fingerprint density at radius 1 is 1.00 bits per heavy atom. The molecule has 1 amide bonds. The van der Waals surface area contributed by atoms with E-state index in [9.17, 15) is 13.2 Å². The predicted molar refractivity (Wildman–Crippen MR) is 100 cm³/mol. The van der Waals surface area contributed by atoms with Crippen molar-refractivity contribution in [3.8, 4) is 11.5 Å². The SMILES string of the molecule is CN(C)S(=O)(=O)c1ccc(CNC(=O)Cc2ccc3c(c2)OCCO3)cc1. The number of rotatable bonds is 6. The molecule has 0 unspecified atom stereocenters. The molecule has 7 nitrogen and oxygen atoms in total. The van der Waals surface area contributed by atoms with Gasteiger partial charge in [0, 0.05) is 20.6 Å². The van der Waals surface area contributed by atoms with E-state index in [1.54, 1.807) is 18.2 Å². The van der Waals surface area contributed by atoms with Crippen molar-refractivity contribution in [1.82, 2.24) is 9.62 Å². The van der Waals surface area contributed by atoms with Crippen LogP contribution in [-0.2, 0) is 27.8 Å². The molecule has 2 aromatic rings. The van der Waals surface area contributed by atoms with Crippen LogP contribution in [0.15, 0.2) is 47.4 Å². The van der Waals surface area contributed by atoms with Gasteiger partial charge in [-0.1, -0.05) is 18.2 Å². The zero-order valence-corrected chi connectivity index (χ0v) is 16.1. The van der Waals surface area contributed by atoms with Crippen LogP contribution in [0.2, 0.25) is 0 Å². The molecule has 2 aromatic carbocycles. The van der Waals surface area contributed by atoms with Crippen LogP contribution in [0.25, 0.3) is 0 Å². The Morgan fingerprint density at radius 3 is 2.30 bits per heavy atom. The Balaban J connectivity index is 1.56. The van der Waals surface area contributed by atoms with Gasteiger partial charge < -0.3 is 14.8 Å². The molecular formula is C19H22N2O5S. The Hall–Kier alpha value is -2.58. The highest BCUT2D eigenvalue weighted by molar-refractivity contribution is 7.89. The monoisotopic (exact) mass is 390 g/mol. The fourth-order valence-corrected chi connectivity index (χ4v) is 3.54. The van der Waals surface area contributed by atoms with E-state index in [-0.39, 0.29) is 17.2 Å². The lowest BCUT2D eigenvalue weighted by atomic mass is 10.1. The van der Waals surface area contributed by atoms with Gasteiger partial charge in [-0.25, -0.2) is 12.7 Å². The lowest BCUT2D eigenvalue weighted by molar-refractivity contribution is -0.120. The minimum Gasteiger partial charge on any atom is -0.486 e. The predicted octanol–water partition coefficient (Wildman–Crippen LogP) is 1.57. The fraction of sp³-hybridized carbons (Fsp3) is 0.316. The van der Waals surface area contributed by atoms with Gasteiger partial charge in [0.2, 0.25) is 15.9 Å². The quantitative estimate of drug-likeness (QED) is 0.809. The van der Waals surface area contributed by atoms with Crippen molar-refractivity contribution in [3.63, 3.8) is 0 Å². The van der Waals surface area contributed by atoms with Crippen LogP contribution >= 0.6 is 0 Å². The molecule has 0 radical (unpaired) electrons. The van der Waals surface area contributed by atoms with E-state index < -0.39 is 10.0 Å². The van der Waals surface area contributed by atoms with Crippen molar-refractivity contribution < 1.29 is 22.7 Å². The molecule has 3 rings (SSSR count). The minimum atomic E-state index is -3.45. The first-order chi connectivity index (χ1) is 12.9. The van der Waals surface area contributed by atoms with Crippen molar-refractivity contribution in [3.05, 3.63) is 53.6 Å². The summed E-state index contributed by atoms with van der Waals surface area (Å²) in [4.78, 5) is 12.4. The molecule has 0 aromatic heterocycles. The highest BCUT2D eigenvalue weighted by Gasteiger charge is 2.17. The van der Waals surface area contributed by atoms with Crippen LogP contribution in [0, 0.1) is 0 Å². The number of nitrogens with one attached hydrogen (secondary N) is 1. The molecule has 1 heterocycles. The normalized spacial score (nSPS) is 13.4. The van der Waals surface area contributed by atoms with Gasteiger partial charge in [-0.3, -0.25) is 4.79 Å². The van der Waals surface area contributed by atoms with Gasteiger partial charge in [-0.2, -0.15) is 0 Å². The first-order valence-corrected chi connectivity index (χ1v) is 9.97. The second-order valence-corrected chi connectivity index (χ2v) is 8.51. The first kappa shape index (κ1) is 19.2. The van der Waals surface area contributed by atoms with Crippen LogP contribution in [-0.4, -0.2) is 45.9 Å². The molecule has 0 bridgehead atoms. The van der Waals surface area contributed by atoms with Crippen LogP contribution in [0.5, 0.6) is 11.5 Å². The number of nitrogens with zero attached hydrogens (tertiary/aromatic N) is 1. The summed E-state index contributed by atoms with van der Waals surface area (Å²) in [6, 6.07) is 11.9. The van der Waals surface area contributed by atoms with Crippen LogP contribution in [0.3, 0.4) is 0 Å². The van der Waals surface area contributed by atoms with Crippen molar-refractivity contribution >= 4 is 15.9 Å². The Kier molecular flexibility index (Phi) is 5.67. The average Bonchev–Trinajstić information content (AvgIpc) is 2.66. The van der Waals surface area contributed by atoms with E-state index in [2.05, 4.69) is 5.32 Å². The molecule has 8 heteroatoms. The number of fused-ring (bicyclic) bond motifs is 1. The number of amides is 1. The second kappa shape index (κ2) is 7.98. The third-order valence-corrected chi connectivity index (χ3v) is 5.99. The van der Waals surface area contributed by atoms with E-state index in [0.29, 0.717) is 31.3 Å².